The molecule has 1 aromatic carbocycles. The minimum absolute atomic E-state index is 0.0424. The molecule has 4 nitrogen and oxygen atoms in total. The highest BCUT2D eigenvalue weighted by atomic mass is 79.9. The van der Waals surface area contributed by atoms with Crippen LogP contribution >= 0.6 is 15.9 Å². The third kappa shape index (κ3) is 2.56. The lowest BCUT2D eigenvalue weighted by Crippen LogP contribution is -2.36. The Kier molecular flexibility index (Phi) is 3.19. The lowest BCUT2D eigenvalue weighted by Gasteiger charge is -2.24. The molecule has 0 bridgehead atoms. The summed E-state index contributed by atoms with van der Waals surface area (Å²) in [5, 5.41) is 0. The van der Waals surface area contributed by atoms with Crippen molar-refractivity contribution in [3.63, 3.8) is 0 Å². The number of nitrogens with zero attached hydrogens (tertiary/aromatic N) is 1. The van der Waals surface area contributed by atoms with Crippen molar-refractivity contribution in [3.05, 3.63) is 28.2 Å². The molecule has 1 aliphatic rings. The number of halogens is 1. The normalized spacial score (nSPS) is 14.7. The molecule has 1 aromatic rings. The average Bonchev–Trinajstić information content (AvgIpc) is 2.54. The number of carbonyl (C=O) groups is 2. The first-order chi connectivity index (χ1) is 8.28. The molecule has 96 valence electrons. The number of anilines is 1. The van der Waals surface area contributed by atoms with E-state index in [1.165, 1.54) is 4.90 Å². The number of hydrogen-bond donors (Lipinski definition) is 0. The molecule has 0 saturated carbocycles. The van der Waals surface area contributed by atoms with Gasteiger partial charge in [0.25, 0.3) is 0 Å². The van der Waals surface area contributed by atoms with Crippen LogP contribution < -0.4 is 4.90 Å². The monoisotopic (exact) mass is 311 g/mol. The molecule has 2 rings (SSSR count). The molecule has 0 fully saturated rings. The molecule has 0 aliphatic carbocycles. The van der Waals surface area contributed by atoms with Gasteiger partial charge < -0.3 is 4.74 Å². The summed E-state index contributed by atoms with van der Waals surface area (Å²) in [6.45, 7) is 5.43. The van der Waals surface area contributed by atoms with E-state index in [4.69, 9.17) is 4.74 Å². The lowest BCUT2D eigenvalue weighted by atomic mass is 10.1. The van der Waals surface area contributed by atoms with Gasteiger partial charge in [-0.3, -0.25) is 9.69 Å². The number of Topliss-reactive ketones (excluding diaryl/α,β-unsaturated/α-hetero) is 1. The maximum Gasteiger partial charge on any atom is 0.415 e. The third-order valence-electron chi connectivity index (χ3n) is 2.47. The molecule has 18 heavy (non-hydrogen) atoms. The van der Waals surface area contributed by atoms with E-state index in [2.05, 4.69) is 15.9 Å². The SMILES string of the molecule is CC(C)(C)OC(=O)N1CC(=O)c2cc(Br)ccc21. The average molecular weight is 312 g/mol. The van der Waals surface area contributed by atoms with Gasteiger partial charge >= 0.3 is 6.09 Å². The van der Waals surface area contributed by atoms with Crippen molar-refractivity contribution >= 4 is 33.5 Å². The van der Waals surface area contributed by atoms with E-state index in [0.717, 1.165) is 4.47 Å². The highest BCUT2D eigenvalue weighted by Crippen LogP contribution is 2.31. The number of rotatable bonds is 0. The Morgan fingerprint density at radius 2 is 2.06 bits per heavy atom. The molecule has 1 aliphatic heterocycles. The van der Waals surface area contributed by atoms with Crippen molar-refractivity contribution in [1.29, 1.82) is 0 Å². The summed E-state index contributed by atoms with van der Waals surface area (Å²) in [4.78, 5) is 25.2. The molecule has 5 heteroatoms. The number of carbonyl (C=O) groups excluding carboxylic acids is 2. The van der Waals surface area contributed by atoms with Gasteiger partial charge in [-0.05, 0) is 39.0 Å². The Bertz CT molecular complexity index is 519. The Balaban J connectivity index is 2.30. The predicted octanol–water partition coefficient (Wildman–Crippen LogP) is 3.39. The van der Waals surface area contributed by atoms with Crippen LogP contribution in [-0.4, -0.2) is 24.0 Å². The molecule has 0 saturated heterocycles. The molecule has 0 atom stereocenters. The zero-order valence-corrected chi connectivity index (χ0v) is 12.1. The summed E-state index contributed by atoms with van der Waals surface area (Å²) in [6.07, 6.45) is -0.489. The summed E-state index contributed by atoms with van der Waals surface area (Å²) in [7, 11) is 0. The second-order valence-electron chi connectivity index (χ2n) is 5.15. The molecule has 0 N–H and O–H groups in total. The first-order valence-electron chi connectivity index (χ1n) is 5.61. The Morgan fingerprint density at radius 3 is 2.67 bits per heavy atom. The van der Waals surface area contributed by atoms with E-state index in [1.54, 1.807) is 39.0 Å². The highest BCUT2D eigenvalue weighted by molar-refractivity contribution is 9.10. The molecular weight excluding hydrogens is 298 g/mol. The van der Waals surface area contributed by atoms with Gasteiger partial charge in [-0.1, -0.05) is 15.9 Å². The predicted molar refractivity (Wildman–Crippen MR) is 72.1 cm³/mol. The number of ketones is 1. The maximum absolute atomic E-state index is 12.0. The van der Waals surface area contributed by atoms with Crippen molar-refractivity contribution in [2.45, 2.75) is 26.4 Å². The van der Waals surface area contributed by atoms with Crippen LogP contribution in [0.5, 0.6) is 0 Å². The summed E-state index contributed by atoms with van der Waals surface area (Å²) in [5.41, 5.74) is 0.589. The van der Waals surface area contributed by atoms with Crippen LogP contribution in [0.3, 0.4) is 0 Å². The van der Waals surface area contributed by atoms with Crippen LogP contribution in [0.2, 0.25) is 0 Å². The van der Waals surface area contributed by atoms with Gasteiger partial charge in [0.05, 0.1) is 12.2 Å². The number of hydrogen-bond acceptors (Lipinski definition) is 3. The Hall–Kier alpha value is -1.36. The first kappa shape index (κ1) is 13.1. The fraction of sp³-hybridized carbons (Fsp3) is 0.385. The Labute approximate surface area is 114 Å². The van der Waals surface area contributed by atoms with E-state index in [0.29, 0.717) is 11.3 Å². The molecular formula is C13H14BrNO3. The van der Waals surface area contributed by atoms with Crippen molar-refractivity contribution in [2.24, 2.45) is 0 Å². The quantitative estimate of drug-likeness (QED) is 0.738. The van der Waals surface area contributed by atoms with Gasteiger partial charge in [-0.25, -0.2) is 4.79 Å². The van der Waals surface area contributed by atoms with Crippen molar-refractivity contribution in [3.8, 4) is 0 Å². The Morgan fingerprint density at radius 1 is 1.39 bits per heavy atom. The number of ether oxygens (including phenoxy) is 1. The number of benzene rings is 1. The van der Waals surface area contributed by atoms with Crippen molar-refractivity contribution in [2.75, 3.05) is 11.4 Å². The zero-order chi connectivity index (χ0) is 13.5. The summed E-state index contributed by atoms with van der Waals surface area (Å²) in [6, 6.07) is 5.27. The molecule has 0 unspecified atom stereocenters. The van der Waals surface area contributed by atoms with E-state index in [-0.39, 0.29) is 12.3 Å². The smallest absolute Gasteiger partial charge is 0.415 e. The molecule has 1 heterocycles. The number of fused-ring (bicyclic) bond motifs is 1. The fourth-order valence-corrected chi connectivity index (χ4v) is 2.12. The van der Waals surface area contributed by atoms with Crippen LogP contribution in [0.4, 0.5) is 10.5 Å². The first-order valence-corrected chi connectivity index (χ1v) is 6.40. The van der Waals surface area contributed by atoms with Crippen molar-refractivity contribution in [1.82, 2.24) is 0 Å². The van der Waals surface area contributed by atoms with Gasteiger partial charge in [0.2, 0.25) is 0 Å². The zero-order valence-electron chi connectivity index (χ0n) is 10.5. The third-order valence-corrected chi connectivity index (χ3v) is 2.96. The maximum atomic E-state index is 12.0. The second-order valence-corrected chi connectivity index (χ2v) is 6.07. The van der Waals surface area contributed by atoms with Gasteiger partial charge in [0, 0.05) is 10.0 Å². The molecule has 1 amide bonds. The summed E-state index contributed by atoms with van der Waals surface area (Å²) >= 11 is 3.31. The minimum Gasteiger partial charge on any atom is -0.443 e. The van der Waals surface area contributed by atoms with E-state index < -0.39 is 11.7 Å². The van der Waals surface area contributed by atoms with Crippen LogP contribution in [-0.2, 0) is 4.74 Å². The van der Waals surface area contributed by atoms with Crippen LogP contribution in [0.15, 0.2) is 22.7 Å². The second kappa shape index (κ2) is 4.39. The largest absolute Gasteiger partial charge is 0.443 e. The standard InChI is InChI=1S/C13H14BrNO3/c1-13(2,3)18-12(17)15-7-11(16)9-6-8(14)4-5-10(9)15/h4-6H,7H2,1-3H3. The van der Waals surface area contributed by atoms with E-state index in [9.17, 15) is 9.59 Å². The highest BCUT2D eigenvalue weighted by Gasteiger charge is 2.33. The van der Waals surface area contributed by atoms with Gasteiger partial charge in [0.1, 0.15) is 5.60 Å². The van der Waals surface area contributed by atoms with Crippen LogP contribution in [0.1, 0.15) is 31.1 Å². The summed E-state index contributed by atoms with van der Waals surface area (Å²) in [5.74, 6) is -0.0721. The van der Waals surface area contributed by atoms with Gasteiger partial charge in [0.15, 0.2) is 5.78 Å². The van der Waals surface area contributed by atoms with Crippen LogP contribution in [0, 0.1) is 0 Å². The van der Waals surface area contributed by atoms with E-state index in [1.807, 2.05) is 0 Å². The van der Waals surface area contributed by atoms with Gasteiger partial charge in [-0.2, -0.15) is 0 Å². The topological polar surface area (TPSA) is 46.6 Å². The molecule has 0 aromatic heterocycles. The van der Waals surface area contributed by atoms with Crippen molar-refractivity contribution < 1.29 is 14.3 Å². The minimum atomic E-state index is -0.571. The lowest BCUT2D eigenvalue weighted by molar-refractivity contribution is 0.0579. The van der Waals surface area contributed by atoms with Crippen LogP contribution in [0.25, 0.3) is 0 Å². The number of amides is 1. The summed E-state index contributed by atoms with van der Waals surface area (Å²) < 4.78 is 6.10. The van der Waals surface area contributed by atoms with Gasteiger partial charge in [-0.15, -0.1) is 0 Å². The fourth-order valence-electron chi connectivity index (χ4n) is 1.76. The molecule has 0 radical (unpaired) electrons. The van der Waals surface area contributed by atoms with E-state index >= 15 is 0 Å². The molecule has 0 spiro atoms.